The van der Waals surface area contributed by atoms with Crippen LogP contribution in [0.2, 0.25) is 0 Å². The second kappa shape index (κ2) is 7.72. The third-order valence-electron chi connectivity index (χ3n) is 5.13. The molecule has 0 spiro atoms. The van der Waals surface area contributed by atoms with Crippen molar-refractivity contribution >= 4 is 23.3 Å². The van der Waals surface area contributed by atoms with Gasteiger partial charge in [-0.25, -0.2) is 9.78 Å². The number of nitrogens with one attached hydrogen (secondary N) is 1. The van der Waals surface area contributed by atoms with E-state index in [1.165, 1.54) is 0 Å². The topological polar surface area (TPSA) is 65.5 Å². The number of piperidine rings is 1. The van der Waals surface area contributed by atoms with E-state index in [9.17, 15) is 9.59 Å². The van der Waals surface area contributed by atoms with Gasteiger partial charge in [-0.1, -0.05) is 0 Å². The molecule has 7 heteroatoms. The van der Waals surface area contributed by atoms with E-state index in [4.69, 9.17) is 0 Å². The van der Waals surface area contributed by atoms with Gasteiger partial charge in [-0.05, 0) is 46.5 Å². The van der Waals surface area contributed by atoms with Crippen molar-refractivity contribution in [2.24, 2.45) is 5.92 Å². The second-order valence-corrected chi connectivity index (χ2v) is 8.41. The molecule has 2 aliphatic heterocycles. The fourth-order valence-corrected chi connectivity index (χ4v) is 4.75. The number of carbonyl (C=O) groups excluding carboxylic acids is 2. The normalized spacial score (nSPS) is 22.1. The number of hydrogen-bond acceptors (Lipinski definition) is 4. The van der Waals surface area contributed by atoms with Gasteiger partial charge in [-0.2, -0.15) is 0 Å². The molecule has 3 rings (SSSR count). The van der Waals surface area contributed by atoms with Crippen LogP contribution in [0.3, 0.4) is 0 Å². The number of hydrogen-bond donors (Lipinski definition) is 1. The first-order valence-electron chi connectivity index (χ1n) is 9.24. The molecule has 0 radical (unpaired) electrons. The number of likely N-dealkylation sites (tertiary alicyclic amines) is 2. The van der Waals surface area contributed by atoms with Crippen molar-refractivity contribution in [3.63, 3.8) is 0 Å². The maximum atomic E-state index is 12.7. The van der Waals surface area contributed by atoms with E-state index in [0.29, 0.717) is 6.54 Å². The molecule has 6 nitrogen and oxygen atoms in total. The minimum absolute atomic E-state index is 0.0386. The summed E-state index contributed by atoms with van der Waals surface area (Å²) in [5.41, 5.74) is 0.991. The van der Waals surface area contributed by atoms with Gasteiger partial charge in [0.05, 0.1) is 22.7 Å². The Morgan fingerprint density at radius 3 is 2.48 bits per heavy atom. The molecule has 2 fully saturated rings. The maximum Gasteiger partial charge on any atom is 0.320 e. The first-order valence-corrected chi connectivity index (χ1v) is 10.1. The fraction of sp³-hybridized carbons (Fsp3) is 0.722. The number of carbonyl (C=O) groups is 2. The third-order valence-corrected chi connectivity index (χ3v) is 6.39. The molecule has 0 unspecified atom stereocenters. The van der Waals surface area contributed by atoms with Gasteiger partial charge in [0.1, 0.15) is 0 Å². The molecule has 2 saturated heterocycles. The van der Waals surface area contributed by atoms with Gasteiger partial charge >= 0.3 is 6.03 Å². The zero-order valence-electron chi connectivity index (χ0n) is 15.4. The van der Waals surface area contributed by atoms with Gasteiger partial charge < -0.3 is 15.1 Å². The summed E-state index contributed by atoms with van der Waals surface area (Å²) in [4.78, 5) is 34.6. The van der Waals surface area contributed by atoms with Crippen molar-refractivity contribution in [3.05, 3.63) is 15.6 Å². The first-order chi connectivity index (χ1) is 12.0. The van der Waals surface area contributed by atoms with E-state index in [1.54, 1.807) is 11.3 Å². The number of aryl methyl sites for hydroxylation is 2. The fourth-order valence-electron chi connectivity index (χ4n) is 3.82. The summed E-state index contributed by atoms with van der Waals surface area (Å²) in [5, 5.41) is 4.15. The smallest absolute Gasteiger partial charge is 0.320 e. The Hall–Kier alpha value is -1.63. The van der Waals surface area contributed by atoms with Crippen LogP contribution in [-0.4, -0.2) is 52.9 Å². The van der Waals surface area contributed by atoms with Crippen LogP contribution < -0.4 is 5.32 Å². The molecule has 3 amide bonds. The van der Waals surface area contributed by atoms with Crippen LogP contribution in [0.1, 0.15) is 54.2 Å². The molecule has 2 atom stereocenters. The molecule has 3 heterocycles. The molecule has 0 saturated carbocycles. The summed E-state index contributed by atoms with van der Waals surface area (Å²) in [6.45, 7) is 8.99. The van der Waals surface area contributed by atoms with Gasteiger partial charge in [-0.15, -0.1) is 11.3 Å². The average Bonchev–Trinajstić information content (AvgIpc) is 3.23. The van der Waals surface area contributed by atoms with Gasteiger partial charge in [0, 0.05) is 31.1 Å². The lowest BCUT2D eigenvalue weighted by Gasteiger charge is -2.35. The first kappa shape index (κ1) is 18.2. The predicted molar refractivity (Wildman–Crippen MR) is 98.6 cm³/mol. The SMILES string of the molecule is Cc1nc(C)c([C@H](C)NC(=O)[C@@H]2CCCN(C(=O)N3CCCC3)C2)s1. The second-order valence-electron chi connectivity index (χ2n) is 7.17. The van der Waals surface area contributed by atoms with E-state index in [0.717, 1.165) is 60.9 Å². The third kappa shape index (κ3) is 4.14. The molecular weight excluding hydrogens is 336 g/mol. The van der Waals surface area contributed by atoms with Crippen molar-refractivity contribution in [1.29, 1.82) is 0 Å². The molecule has 0 bridgehead atoms. The summed E-state index contributed by atoms with van der Waals surface area (Å²) in [5.74, 6) is -0.0612. The average molecular weight is 365 g/mol. The number of urea groups is 1. The Balaban J connectivity index is 1.58. The van der Waals surface area contributed by atoms with E-state index >= 15 is 0 Å². The minimum Gasteiger partial charge on any atom is -0.348 e. The minimum atomic E-state index is -0.114. The number of rotatable bonds is 3. The van der Waals surface area contributed by atoms with E-state index < -0.39 is 0 Å². The summed E-state index contributed by atoms with van der Waals surface area (Å²) in [7, 11) is 0. The summed E-state index contributed by atoms with van der Waals surface area (Å²) in [6, 6.07) is 0.0698. The van der Waals surface area contributed by atoms with Crippen molar-refractivity contribution < 1.29 is 9.59 Å². The number of amides is 3. The molecule has 0 aliphatic carbocycles. The number of aromatic nitrogens is 1. The number of nitrogens with zero attached hydrogens (tertiary/aromatic N) is 3. The Morgan fingerprint density at radius 2 is 1.84 bits per heavy atom. The van der Waals surface area contributed by atoms with Crippen LogP contribution in [0, 0.1) is 19.8 Å². The zero-order chi connectivity index (χ0) is 18.0. The molecule has 25 heavy (non-hydrogen) atoms. The lowest BCUT2D eigenvalue weighted by molar-refractivity contribution is -0.127. The predicted octanol–water partition coefficient (Wildman–Crippen LogP) is 2.86. The molecular formula is C18H28N4O2S. The molecule has 1 aromatic heterocycles. The van der Waals surface area contributed by atoms with Gasteiger partial charge in [0.2, 0.25) is 5.91 Å². The standard InChI is InChI=1S/C18H28N4O2S/c1-12-16(25-14(3)19-12)13(2)20-17(23)15-7-6-10-22(11-15)18(24)21-8-4-5-9-21/h13,15H,4-11H2,1-3H3,(H,20,23)/t13-,15+/m0/s1. The van der Waals surface area contributed by atoms with Crippen molar-refractivity contribution in [2.45, 2.75) is 52.5 Å². The van der Waals surface area contributed by atoms with Crippen molar-refractivity contribution in [3.8, 4) is 0 Å². The molecule has 1 aromatic rings. The van der Waals surface area contributed by atoms with Gasteiger partial charge in [0.25, 0.3) is 0 Å². The molecule has 0 aromatic carbocycles. The van der Waals surface area contributed by atoms with E-state index in [2.05, 4.69) is 10.3 Å². The van der Waals surface area contributed by atoms with Crippen LogP contribution in [0.25, 0.3) is 0 Å². The Labute approximate surface area is 153 Å². The quantitative estimate of drug-likeness (QED) is 0.897. The highest BCUT2D eigenvalue weighted by Crippen LogP contribution is 2.26. The highest BCUT2D eigenvalue weighted by Gasteiger charge is 2.32. The van der Waals surface area contributed by atoms with Gasteiger partial charge in [-0.3, -0.25) is 4.79 Å². The highest BCUT2D eigenvalue weighted by molar-refractivity contribution is 7.11. The van der Waals surface area contributed by atoms with Gasteiger partial charge in [0.15, 0.2) is 0 Å². The lowest BCUT2D eigenvalue weighted by atomic mass is 9.97. The summed E-state index contributed by atoms with van der Waals surface area (Å²) < 4.78 is 0. The Morgan fingerprint density at radius 1 is 1.16 bits per heavy atom. The van der Waals surface area contributed by atoms with Crippen LogP contribution in [-0.2, 0) is 4.79 Å². The monoisotopic (exact) mass is 364 g/mol. The van der Waals surface area contributed by atoms with E-state index in [-0.39, 0.29) is 23.9 Å². The lowest BCUT2D eigenvalue weighted by Crippen LogP contribution is -2.49. The zero-order valence-corrected chi connectivity index (χ0v) is 16.2. The maximum absolute atomic E-state index is 12.7. The van der Waals surface area contributed by atoms with Crippen molar-refractivity contribution in [2.75, 3.05) is 26.2 Å². The molecule has 2 aliphatic rings. The van der Waals surface area contributed by atoms with Crippen LogP contribution in [0.4, 0.5) is 4.79 Å². The highest BCUT2D eigenvalue weighted by atomic mass is 32.1. The summed E-state index contributed by atoms with van der Waals surface area (Å²) >= 11 is 1.64. The van der Waals surface area contributed by atoms with Crippen LogP contribution in [0.15, 0.2) is 0 Å². The largest absolute Gasteiger partial charge is 0.348 e. The van der Waals surface area contributed by atoms with E-state index in [1.807, 2.05) is 30.6 Å². The molecule has 138 valence electrons. The van der Waals surface area contributed by atoms with Crippen molar-refractivity contribution in [1.82, 2.24) is 20.1 Å². The Kier molecular flexibility index (Phi) is 5.61. The molecule has 1 N–H and O–H groups in total. The summed E-state index contributed by atoms with van der Waals surface area (Å²) in [6.07, 6.45) is 3.93. The Bertz CT molecular complexity index is 639. The van der Waals surface area contributed by atoms with Crippen LogP contribution in [0.5, 0.6) is 0 Å². The number of thiazole rings is 1. The van der Waals surface area contributed by atoms with Crippen LogP contribution >= 0.6 is 11.3 Å².